The third kappa shape index (κ3) is 3.53. The topological polar surface area (TPSA) is 44.8 Å². The van der Waals surface area contributed by atoms with Gasteiger partial charge in [0.2, 0.25) is 5.75 Å². The Kier molecular flexibility index (Phi) is 5.28. The van der Waals surface area contributed by atoms with Crippen LogP contribution in [0.5, 0.6) is 17.2 Å². The maximum Gasteiger partial charge on any atom is 0.252 e. The van der Waals surface area contributed by atoms with Crippen LogP contribution in [0.4, 0.5) is 0 Å². The molecule has 0 bridgehead atoms. The molecule has 1 aromatic carbocycles. The Bertz CT molecular complexity index is 404. The van der Waals surface area contributed by atoms with Gasteiger partial charge in [0.05, 0.1) is 20.8 Å². The second kappa shape index (κ2) is 6.50. The number of carbonyl (C=O) groups is 1. The fraction of sp³-hybridized carbons (Fsp3) is 0.462. The molecule has 4 nitrogen and oxygen atoms in total. The highest BCUT2D eigenvalue weighted by atomic mass is 35.5. The lowest BCUT2D eigenvalue weighted by Crippen LogP contribution is -2.07. The molecule has 0 amide bonds. The summed E-state index contributed by atoms with van der Waals surface area (Å²) in [4.78, 5) is 11.2. The van der Waals surface area contributed by atoms with Crippen molar-refractivity contribution in [2.24, 2.45) is 5.92 Å². The van der Waals surface area contributed by atoms with Gasteiger partial charge in [-0.2, -0.15) is 0 Å². The first-order chi connectivity index (χ1) is 8.49. The van der Waals surface area contributed by atoms with Gasteiger partial charge in [-0.3, -0.25) is 4.79 Å². The predicted molar refractivity (Wildman–Crippen MR) is 70.1 cm³/mol. The molecule has 1 aromatic rings. The Hall–Kier alpha value is -1.42. The average molecular weight is 273 g/mol. The lowest BCUT2D eigenvalue weighted by Gasteiger charge is -2.16. The smallest absolute Gasteiger partial charge is 0.252 e. The Labute approximate surface area is 112 Å². The van der Waals surface area contributed by atoms with E-state index in [1.54, 1.807) is 0 Å². The van der Waals surface area contributed by atoms with E-state index in [2.05, 4.69) is 0 Å². The summed E-state index contributed by atoms with van der Waals surface area (Å²) in [6.07, 6.45) is 0. The van der Waals surface area contributed by atoms with Crippen molar-refractivity contribution in [2.45, 2.75) is 13.8 Å². The van der Waals surface area contributed by atoms with Crippen LogP contribution < -0.4 is 14.2 Å². The summed E-state index contributed by atoms with van der Waals surface area (Å²) in [6, 6.07) is 3.07. The molecule has 0 aliphatic heterocycles. The molecule has 0 saturated heterocycles. The van der Waals surface area contributed by atoms with E-state index in [0.717, 1.165) is 0 Å². The monoisotopic (exact) mass is 272 g/mol. The highest BCUT2D eigenvalue weighted by molar-refractivity contribution is 6.67. The van der Waals surface area contributed by atoms with Crippen LogP contribution in [-0.4, -0.2) is 26.1 Å². The number of methoxy groups -OCH3 is 2. The molecule has 18 heavy (non-hydrogen) atoms. The minimum absolute atomic E-state index is 0.308. The van der Waals surface area contributed by atoms with Crippen LogP contribution in [-0.2, 0) is 0 Å². The molecule has 1 rings (SSSR count). The highest BCUT2D eigenvalue weighted by Crippen LogP contribution is 2.39. The molecular weight excluding hydrogens is 256 g/mol. The van der Waals surface area contributed by atoms with Crippen molar-refractivity contribution in [1.29, 1.82) is 0 Å². The summed E-state index contributed by atoms with van der Waals surface area (Å²) < 4.78 is 16.0. The molecule has 0 saturated carbocycles. The molecule has 0 radical (unpaired) electrons. The highest BCUT2D eigenvalue weighted by Gasteiger charge is 2.17. The van der Waals surface area contributed by atoms with Gasteiger partial charge in [0, 0.05) is 5.56 Å². The summed E-state index contributed by atoms with van der Waals surface area (Å²) in [7, 11) is 3.00. The van der Waals surface area contributed by atoms with Crippen LogP contribution in [0, 0.1) is 5.92 Å². The van der Waals surface area contributed by atoms with Crippen molar-refractivity contribution in [1.82, 2.24) is 0 Å². The fourth-order valence-electron chi connectivity index (χ4n) is 1.39. The van der Waals surface area contributed by atoms with E-state index in [1.807, 2.05) is 13.8 Å². The first-order valence-corrected chi connectivity index (χ1v) is 5.96. The molecule has 0 heterocycles. The minimum atomic E-state index is -0.568. The molecule has 0 spiro atoms. The van der Waals surface area contributed by atoms with Gasteiger partial charge in [0.25, 0.3) is 5.24 Å². The van der Waals surface area contributed by atoms with Gasteiger partial charge < -0.3 is 14.2 Å². The zero-order chi connectivity index (χ0) is 13.7. The summed E-state index contributed by atoms with van der Waals surface area (Å²) in [5.74, 6) is 1.71. The first-order valence-electron chi connectivity index (χ1n) is 5.58. The fourth-order valence-corrected chi connectivity index (χ4v) is 1.49. The van der Waals surface area contributed by atoms with Crippen LogP contribution in [0.1, 0.15) is 24.2 Å². The van der Waals surface area contributed by atoms with Crippen molar-refractivity contribution < 1.29 is 19.0 Å². The maximum atomic E-state index is 11.2. The minimum Gasteiger partial charge on any atom is -0.493 e. The molecular formula is C13H17ClO4. The van der Waals surface area contributed by atoms with Crippen molar-refractivity contribution in [3.05, 3.63) is 17.7 Å². The average Bonchev–Trinajstić information content (AvgIpc) is 2.34. The van der Waals surface area contributed by atoms with E-state index in [0.29, 0.717) is 35.3 Å². The summed E-state index contributed by atoms with van der Waals surface area (Å²) >= 11 is 5.45. The third-order valence-electron chi connectivity index (χ3n) is 2.25. The second-order valence-corrected chi connectivity index (χ2v) is 4.53. The van der Waals surface area contributed by atoms with E-state index < -0.39 is 5.24 Å². The molecule has 0 N–H and O–H groups in total. The number of halogens is 1. The van der Waals surface area contributed by atoms with Crippen molar-refractivity contribution >= 4 is 16.8 Å². The molecule has 0 aliphatic carbocycles. The van der Waals surface area contributed by atoms with Crippen LogP contribution in [0.25, 0.3) is 0 Å². The number of carbonyl (C=O) groups excluding carboxylic acids is 1. The molecule has 5 heteroatoms. The maximum absolute atomic E-state index is 11.2. The van der Waals surface area contributed by atoms with E-state index in [1.165, 1.54) is 26.4 Å². The number of benzene rings is 1. The van der Waals surface area contributed by atoms with E-state index in [-0.39, 0.29) is 0 Å². The van der Waals surface area contributed by atoms with Gasteiger partial charge in [0.15, 0.2) is 11.5 Å². The normalized spacial score (nSPS) is 10.3. The second-order valence-electron chi connectivity index (χ2n) is 4.19. The zero-order valence-corrected chi connectivity index (χ0v) is 11.7. The quantitative estimate of drug-likeness (QED) is 0.747. The predicted octanol–water partition coefficient (Wildman–Crippen LogP) is 3.12. The SMILES string of the molecule is COc1cc(C(=O)Cl)cc(OC)c1OCC(C)C. The van der Waals surface area contributed by atoms with E-state index in [4.69, 9.17) is 25.8 Å². The Balaban J connectivity index is 3.17. The van der Waals surface area contributed by atoms with Gasteiger partial charge in [-0.15, -0.1) is 0 Å². The van der Waals surface area contributed by atoms with E-state index in [9.17, 15) is 4.79 Å². The number of hydrogen-bond donors (Lipinski definition) is 0. The van der Waals surface area contributed by atoms with Crippen LogP contribution in [0.3, 0.4) is 0 Å². The zero-order valence-electron chi connectivity index (χ0n) is 11.0. The van der Waals surface area contributed by atoms with Crippen LogP contribution >= 0.6 is 11.6 Å². The van der Waals surface area contributed by atoms with Crippen molar-refractivity contribution in [3.8, 4) is 17.2 Å². The Morgan fingerprint density at radius 2 is 1.72 bits per heavy atom. The Morgan fingerprint density at radius 1 is 1.22 bits per heavy atom. The summed E-state index contributed by atoms with van der Waals surface area (Å²) in [5.41, 5.74) is 0.308. The van der Waals surface area contributed by atoms with Gasteiger partial charge >= 0.3 is 0 Å². The standard InChI is InChI=1S/C13H17ClO4/c1-8(2)7-18-12-10(16-3)5-9(13(14)15)6-11(12)17-4/h5-6,8H,7H2,1-4H3. The number of hydrogen-bond acceptors (Lipinski definition) is 4. The number of ether oxygens (including phenoxy) is 3. The van der Waals surface area contributed by atoms with Crippen LogP contribution in [0.15, 0.2) is 12.1 Å². The molecule has 0 aliphatic rings. The summed E-state index contributed by atoms with van der Waals surface area (Å²) in [6.45, 7) is 4.60. The third-order valence-corrected chi connectivity index (χ3v) is 2.47. The molecule has 0 aromatic heterocycles. The van der Waals surface area contributed by atoms with Crippen LogP contribution in [0.2, 0.25) is 0 Å². The first kappa shape index (κ1) is 14.6. The van der Waals surface area contributed by atoms with Crippen molar-refractivity contribution in [2.75, 3.05) is 20.8 Å². The largest absolute Gasteiger partial charge is 0.493 e. The van der Waals surface area contributed by atoms with Gasteiger partial charge in [-0.25, -0.2) is 0 Å². The lowest BCUT2D eigenvalue weighted by molar-refractivity contribution is 0.108. The lowest BCUT2D eigenvalue weighted by atomic mass is 10.2. The van der Waals surface area contributed by atoms with Gasteiger partial charge in [-0.1, -0.05) is 13.8 Å². The molecule has 0 unspecified atom stereocenters. The van der Waals surface area contributed by atoms with Crippen molar-refractivity contribution in [3.63, 3.8) is 0 Å². The Morgan fingerprint density at radius 3 is 2.06 bits per heavy atom. The summed E-state index contributed by atoms with van der Waals surface area (Å²) in [5, 5.41) is -0.568. The molecule has 0 fully saturated rings. The van der Waals surface area contributed by atoms with E-state index >= 15 is 0 Å². The van der Waals surface area contributed by atoms with Gasteiger partial charge in [-0.05, 0) is 29.7 Å². The number of rotatable bonds is 6. The molecule has 100 valence electrons. The van der Waals surface area contributed by atoms with Gasteiger partial charge in [0.1, 0.15) is 0 Å². The molecule has 0 atom stereocenters.